The predicted octanol–water partition coefficient (Wildman–Crippen LogP) is 5.01. The van der Waals surface area contributed by atoms with Crippen molar-refractivity contribution in [3.05, 3.63) is 65.9 Å². The van der Waals surface area contributed by atoms with Crippen molar-refractivity contribution in [2.45, 2.75) is 33.2 Å². The van der Waals surface area contributed by atoms with Crippen LogP contribution in [0.1, 0.15) is 35.7 Å². The third kappa shape index (κ3) is 3.35. The van der Waals surface area contributed by atoms with Gasteiger partial charge < -0.3 is 9.30 Å². The number of hydrogen-bond acceptors (Lipinski definition) is 2. The number of benzene rings is 2. The summed E-state index contributed by atoms with van der Waals surface area (Å²) in [6.07, 6.45) is 3.42. The first-order valence-corrected chi connectivity index (χ1v) is 8.50. The summed E-state index contributed by atoms with van der Waals surface area (Å²) in [6.45, 7) is 5.46. The molecule has 2 aromatic carbocycles. The van der Waals surface area contributed by atoms with E-state index < -0.39 is 0 Å². The number of aryl methyl sites for hydroxylation is 2. The van der Waals surface area contributed by atoms with E-state index in [0.29, 0.717) is 13.0 Å². The SMILES string of the molecule is CCC(=O)c1cn(CCCOc2ccccc2C)c2ccccc12. The van der Waals surface area contributed by atoms with Crippen LogP contribution >= 0.6 is 0 Å². The van der Waals surface area contributed by atoms with E-state index >= 15 is 0 Å². The highest BCUT2D eigenvalue weighted by Gasteiger charge is 2.13. The highest BCUT2D eigenvalue weighted by atomic mass is 16.5. The maximum atomic E-state index is 12.2. The van der Waals surface area contributed by atoms with Gasteiger partial charge in [-0.25, -0.2) is 0 Å². The van der Waals surface area contributed by atoms with Crippen LogP contribution in [-0.4, -0.2) is 17.0 Å². The molecular formula is C21H23NO2. The van der Waals surface area contributed by atoms with Crippen LogP contribution in [0.5, 0.6) is 5.75 Å². The first kappa shape index (κ1) is 16.3. The van der Waals surface area contributed by atoms with Crippen molar-refractivity contribution in [3.8, 4) is 5.75 Å². The summed E-state index contributed by atoms with van der Waals surface area (Å²) in [5, 5.41) is 1.05. The molecule has 3 nitrogen and oxygen atoms in total. The zero-order valence-corrected chi connectivity index (χ0v) is 14.3. The van der Waals surface area contributed by atoms with Gasteiger partial charge in [0.2, 0.25) is 0 Å². The van der Waals surface area contributed by atoms with Gasteiger partial charge in [0.25, 0.3) is 0 Å². The Balaban J connectivity index is 1.69. The molecule has 0 aliphatic heterocycles. The van der Waals surface area contributed by atoms with Crippen molar-refractivity contribution >= 4 is 16.7 Å². The van der Waals surface area contributed by atoms with Crippen LogP contribution in [-0.2, 0) is 6.54 Å². The Labute approximate surface area is 142 Å². The van der Waals surface area contributed by atoms with E-state index in [0.717, 1.165) is 40.7 Å². The first-order chi connectivity index (χ1) is 11.7. The monoisotopic (exact) mass is 321 g/mol. The predicted molar refractivity (Wildman–Crippen MR) is 97.9 cm³/mol. The topological polar surface area (TPSA) is 31.2 Å². The second-order valence-corrected chi connectivity index (χ2v) is 6.00. The first-order valence-electron chi connectivity index (χ1n) is 8.50. The number of Topliss-reactive ketones (excluding diaryl/α,β-unsaturated/α-hetero) is 1. The van der Waals surface area contributed by atoms with Gasteiger partial charge in [0, 0.05) is 35.6 Å². The average molecular weight is 321 g/mol. The van der Waals surface area contributed by atoms with E-state index in [1.165, 1.54) is 0 Å². The molecule has 1 heterocycles. The van der Waals surface area contributed by atoms with Gasteiger partial charge in [0.05, 0.1) is 6.61 Å². The molecule has 0 atom stereocenters. The van der Waals surface area contributed by atoms with Crippen LogP contribution in [0.3, 0.4) is 0 Å². The average Bonchev–Trinajstić information content (AvgIpc) is 2.98. The van der Waals surface area contributed by atoms with Crippen LogP contribution in [0.4, 0.5) is 0 Å². The number of para-hydroxylation sites is 2. The minimum Gasteiger partial charge on any atom is -0.493 e. The lowest BCUT2D eigenvalue weighted by atomic mass is 10.1. The Hall–Kier alpha value is -2.55. The largest absolute Gasteiger partial charge is 0.493 e. The fourth-order valence-corrected chi connectivity index (χ4v) is 2.98. The van der Waals surface area contributed by atoms with Crippen molar-refractivity contribution < 1.29 is 9.53 Å². The molecule has 0 N–H and O–H groups in total. The van der Waals surface area contributed by atoms with Crippen LogP contribution in [0, 0.1) is 6.92 Å². The molecule has 0 bridgehead atoms. The minimum atomic E-state index is 0.195. The zero-order chi connectivity index (χ0) is 16.9. The maximum Gasteiger partial charge on any atom is 0.164 e. The standard InChI is InChI=1S/C21H23NO2/c1-3-20(23)18-15-22(19-11-6-5-10-17(18)19)13-8-14-24-21-12-7-4-9-16(21)2/h4-7,9-12,15H,3,8,13-14H2,1-2H3. The summed E-state index contributed by atoms with van der Waals surface area (Å²) < 4.78 is 8.03. The van der Waals surface area contributed by atoms with Crippen LogP contribution in [0.2, 0.25) is 0 Å². The molecule has 0 saturated carbocycles. The van der Waals surface area contributed by atoms with E-state index in [9.17, 15) is 4.79 Å². The van der Waals surface area contributed by atoms with Crippen LogP contribution < -0.4 is 4.74 Å². The summed E-state index contributed by atoms with van der Waals surface area (Å²) in [6, 6.07) is 16.2. The Morgan fingerprint density at radius 2 is 1.83 bits per heavy atom. The summed E-state index contributed by atoms with van der Waals surface area (Å²) in [5.41, 5.74) is 3.10. The molecule has 0 spiro atoms. The second kappa shape index (κ2) is 7.35. The Morgan fingerprint density at radius 1 is 1.08 bits per heavy atom. The normalized spacial score (nSPS) is 10.9. The third-order valence-electron chi connectivity index (χ3n) is 4.30. The molecule has 0 fully saturated rings. The number of hydrogen-bond donors (Lipinski definition) is 0. The number of ether oxygens (including phenoxy) is 1. The number of carbonyl (C=O) groups excluding carboxylic acids is 1. The lowest BCUT2D eigenvalue weighted by molar-refractivity contribution is 0.0989. The van der Waals surface area contributed by atoms with Gasteiger partial charge in [-0.3, -0.25) is 4.79 Å². The van der Waals surface area contributed by atoms with Crippen molar-refractivity contribution in [3.63, 3.8) is 0 Å². The van der Waals surface area contributed by atoms with Gasteiger partial charge in [-0.2, -0.15) is 0 Å². The molecular weight excluding hydrogens is 298 g/mol. The lowest BCUT2D eigenvalue weighted by Gasteiger charge is -2.09. The van der Waals surface area contributed by atoms with Gasteiger partial charge in [-0.1, -0.05) is 43.3 Å². The summed E-state index contributed by atoms with van der Waals surface area (Å²) in [7, 11) is 0. The van der Waals surface area contributed by atoms with Gasteiger partial charge in [-0.15, -0.1) is 0 Å². The summed E-state index contributed by atoms with van der Waals surface area (Å²) in [5.74, 6) is 1.14. The molecule has 0 amide bonds. The number of fused-ring (bicyclic) bond motifs is 1. The molecule has 3 heteroatoms. The number of carbonyl (C=O) groups is 1. The smallest absolute Gasteiger partial charge is 0.164 e. The van der Waals surface area contributed by atoms with Gasteiger partial charge in [0.15, 0.2) is 5.78 Å². The van der Waals surface area contributed by atoms with Gasteiger partial charge >= 0.3 is 0 Å². The van der Waals surface area contributed by atoms with E-state index in [1.54, 1.807) is 0 Å². The van der Waals surface area contributed by atoms with Crippen molar-refractivity contribution in [1.29, 1.82) is 0 Å². The van der Waals surface area contributed by atoms with Crippen molar-refractivity contribution in [1.82, 2.24) is 4.57 Å². The van der Waals surface area contributed by atoms with E-state index in [2.05, 4.69) is 23.6 Å². The lowest BCUT2D eigenvalue weighted by Crippen LogP contribution is -2.04. The zero-order valence-electron chi connectivity index (χ0n) is 14.3. The van der Waals surface area contributed by atoms with Crippen LogP contribution in [0.15, 0.2) is 54.7 Å². The molecule has 0 radical (unpaired) electrons. The van der Waals surface area contributed by atoms with E-state index in [1.807, 2.05) is 49.5 Å². The van der Waals surface area contributed by atoms with Gasteiger partial charge in [-0.05, 0) is 31.0 Å². The summed E-state index contributed by atoms with van der Waals surface area (Å²) >= 11 is 0. The Kier molecular flexibility index (Phi) is 4.99. The molecule has 124 valence electrons. The highest BCUT2D eigenvalue weighted by molar-refractivity contribution is 6.07. The van der Waals surface area contributed by atoms with E-state index in [4.69, 9.17) is 4.74 Å². The van der Waals surface area contributed by atoms with Gasteiger partial charge in [0.1, 0.15) is 5.75 Å². The molecule has 24 heavy (non-hydrogen) atoms. The van der Waals surface area contributed by atoms with Crippen LogP contribution in [0.25, 0.3) is 10.9 Å². The summed E-state index contributed by atoms with van der Waals surface area (Å²) in [4.78, 5) is 12.2. The van der Waals surface area contributed by atoms with E-state index in [-0.39, 0.29) is 5.78 Å². The fraction of sp³-hybridized carbons (Fsp3) is 0.286. The number of ketones is 1. The van der Waals surface area contributed by atoms with Crippen molar-refractivity contribution in [2.24, 2.45) is 0 Å². The third-order valence-corrected chi connectivity index (χ3v) is 4.30. The fourth-order valence-electron chi connectivity index (χ4n) is 2.98. The molecule has 0 aliphatic rings. The highest BCUT2D eigenvalue weighted by Crippen LogP contribution is 2.23. The maximum absolute atomic E-state index is 12.2. The number of aromatic nitrogens is 1. The molecule has 3 aromatic rings. The number of rotatable bonds is 7. The minimum absolute atomic E-state index is 0.195. The molecule has 0 aliphatic carbocycles. The number of nitrogens with zero attached hydrogens (tertiary/aromatic N) is 1. The molecule has 0 unspecified atom stereocenters. The molecule has 1 aromatic heterocycles. The molecule has 3 rings (SSSR count). The second-order valence-electron chi connectivity index (χ2n) is 6.00. The van der Waals surface area contributed by atoms with Crippen molar-refractivity contribution in [2.75, 3.05) is 6.61 Å². The molecule has 0 saturated heterocycles. The quantitative estimate of drug-likeness (QED) is 0.452. The Bertz CT molecular complexity index is 848. The Morgan fingerprint density at radius 3 is 2.62 bits per heavy atom.